The molecule has 2 unspecified atom stereocenters. The summed E-state index contributed by atoms with van der Waals surface area (Å²) in [6.45, 7) is 4.68. The third-order valence-corrected chi connectivity index (χ3v) is 15.2. The number of unbranched alkanes of at least 4 members (excludes halogenated alkanes) is 35. The molecule has 0 bridgehead atoms. The Morgan fingerprint density at radius 2 is 0.687 bits per heavy atom. The lowest BCUT2D eigenvalue weighted by Crippen LogP contribution is -2.44. The summed E-state index contributed by atoms with van der Waals surface area (Å²) in [5, 5.41) is 11.8. The lowest BCUT2D eigenvalue weighted by atomic mass is 10.0. The van der Waals surface area contributed by atoms with Crippen LogP contribution < -0.4 is 5.11 Å². The Bertz CT molecular complexity index is 1640. The summed E-state index contributed by atoms with van der Waals surface area (Å²) in [5.74, 6) is -2.26. The molecule has 0 aliphatic carbocycles. The van der Waals surface area contributed by atoms with E-state index in [4.69, 9.17) is 18.9 Å². The highest BCUT2D eigenvalue weighted by Crippen LogP contribution is 2.18. The van der Waals surface area contributed by atoms with Gasteiger partial charge in [-0.15, -0.1) is 0 Å². The molecule has 0 radical (unpaired) electrons. The fraction of sp³-hybridized carbons (Fsp3) is 0.770. The van der Waals surface area contributed by atoms with Gasteiger partial charge in [0.25, 0.3) is 0 Å². The van der Waals surface area contributed by atoms with E-state index in [2.05, 4.69) is 98.9 Å². The monoisotopic (exact) mass is 1160 g/mol. The van der Waals surface area contributed by atoms with E-state index in [1.807, 2.05) is 21.1 Å². The van der Waals surface area contributed by atoms with Gasteiger partial charge in [-0.1, -0.05) is 311 Å². The third-order valence-electron chi connectivity index (χ3n) is 15.2. The lowest BCUT2D eigenvalue weighted by molar-refractivity contribution is -0.870. The molecular formula is C74H131NO8. The first-order valence-corrected chi connectivity index (χ1v) is 34.7. The van der Waals surface area contributed by atoms with Gasteiger partial charge in [0.1, 0.15) is 13.2 Å². The van der Waals surface area contributed by atoms with Crippen molar-refractivity contribution in [1.29, 1.82) is 0 Å². The summed E-state index contributed by atoms with van der Waals surface area (Å²) < 4.78 is 22.8. The summed E-state index contributed by atoms with van der Waals surface area (Å²) in [6, 6.07) is 0. The van der Waals surface area contributed by atoms with Crippen molar-refractivity contribution in [3.8, 4) is 0 Å². The molecule has 0 rings (SSSR count). The number of carboxylic acids is 1. The molecule has 0 N–H and O–H groups in total. The van der Waals surface area contributed by atoms with Gasteiger partial charge in [0.2, 0.25) is 0 Å². The van der Waals surface area contributed by atoms with E-state index in [1.54, 1.807) is 0 Å². The Kier molecular flexibility index (Phi) is 61.7. The van der Waals surface area contributed by atoms with E-state index >= 15 is 0 Å². The largest absolute Gasteiger partial charge is 0.545 e. The Hall–Kier alpha value is -3.53. The number of nitrogens with zero attached hydrogens (tertiary/aromatic N) is 1. The van der Waals surface area contributed by atoms with E-state index in [0.717, 1.165) is 77.0 Å². The van der Waals surface area contributed by atoms with Gasteiger partial charge in [-0.3, -0.25) is 9.59 Å². The number of ether oxygens (including phenoxy) is 4. The van der Waals surface area contributed by atoms with Crippen LogP contribution in [-0.2, 0) is 33.3 Å². The summed E-state index contributed by atoms with van der Waals surface area (Å²) in [5.41, 5.74) is 0. The normalized spacial score (nSPS) is 13.2. The summed E-state index contributed by atoms with van der Waals surface area (Å²) in [7, 11) is 5.94. The van der Waals surface area contributed by atoms with Crippen molar-refractivity contribution in [3.63, 3.8) is 0 Å². The van der Waals surface area contributed by atoms with Gasteiger partial charge in [0.05, 0.1) is 40.3 Å². The molecule has 480 valence electrons. The summed E-state index contributed by atoms with van der Waals surface area (Å²) >= 11 is 0. The molecule has 9 nitrogen and oxygen atoms in total. The molecule has 83 heavy (non-hydrogen) atoms. The topological polar surface area (TPSA) is 111 Å². The second-order valence-electron chi connectivity index (χ2n) is 24.4. The minimum absolute atomic E-state index is 0.148. The molecule has 0 saturated carbocycles. The quantitative estimate of drug-likeness (QED) is 0.0195. The number of likely N-dealkylation sites (N-methyl/N-ethyl adjacent to an activating group) is 1. The second kappa shape index (κ2) is 64.5. The number of aliphatic carboxylic acids is 1. The van der Waals surface area contributed by atoms with Crippen molar-refractivity contribution < 1.29 is 42.9 Å². The van der Waals surface area contributed by atoms with Gasteiger partial charge >= 0.3 is 11.9 Å². The maximum absolute atomic E-state index is 12.9. The van der Waals surface area contributed by atoms with E-state index in [0.29, 0.717) is 23.9 Å². The van der Waals surface area contributed by atoms with Gasteiger partial charge in [-0.2, -0.15) is 0 Å². The van der Waals surface area contributed by atoms with Crippen molar-refractivity contribution in [2.45, 2.75) is 322 Å². The zero-order valence-electron chi connectivity index (χ0n) is 54.8. The van der Waals surface area contributed by atoms with Crippen LogP contribution in [0.2, 0.25) is 0 Å². The fourth-order valence-corrected chi connectivity index (χ4v) is 9.87. The Balaban J connectivity index is 4.04. The number of hydrogen-bond acceptors (Lipinski definition) is 8. The van der Waals surface area contributed by atoms with Crippen LogP contribution in [0.3, 0.4) is 0 Å². The molecule has 0 aliphatic heterocycles. The van der Waals surface area contributed by atoms with E-state index in [9.17, 15) is 19.5 Å². The maximum atomic E-state index is 12.9. The molecule has 0 aromatic heterocycles. The fourth-order valence-electron chi connectivity index (χ4n) is 9.87. The molecule has 0 aromatic carbocycles. The lowest BCUT2D eigenvalue weighted by Gasteiger charge is -2.26. The number of quaternary nitrogens is 1. The predicted octanol–water partition coefficient (Wildman–Crippen LogP) is 20.1. The molecule has 0 heterocycles. The van der Waals surface area contributed by atoms with Gasteiger partial charge in [0.15, 0.2) is 12.4 Å². The number of carboxylic acid groups (broad SMARTS) is 1. The number of allylic oxidation sites excluding steroid dienone is 14. The molecule has 0 aromatic rings. The van der Waals surface area contributed by atoms with E-state index < -0.39 is 24.3 Å². The van der Waals surface area contributed by atoms with Crippen LogP contribution in [-0.4, -0.2) is 82.3 Å². The highest BCUT2D eigenvalue weighted by Gasteiger charge is 2.22. The Labute approximate surface area is 512 Å². The molecule has 0 amide bonds. The molecule has 2 atom stereocenters. The van der Waals surface area contributed by atoms with Crippen LogP contribution in [0.5, 0.6) is 0 Å². The van der Waals surface area contributed by atoms with Crippen molar-refractivity contribution in [2.24, 2.45) is 0 Å². The number of hydrogen-bond donors (Lipinski definition) is 0. The SMILES string of the molecule is CC/C=C\C/C=C\C/C=C\C/C=C\C/C=C\C/C=C\C/C=C\CCCCCCCCCCCCCCCCCCCC(=O)OC(COC(=O)CCCCCCCCCCCCCCCCCCCCC)COC(OCC[N+](C)(C)C)C(=O)[O-]. The van der Waals surface area contributed by atoms with E-state index in [-0.39, 0.29) is 32.2 Å². The number of carbonyl (C=O) groups is 3. The van der Waals surface area contributed by atoms with Crippen LogP contribution >= 0.6 is 0 Å². The molecule has 0 spiro atoms. The first-order valence-electron chi connectivity index (χ1n) is 34.7. The summed E-state index contributed by atoms with van der Waals surface area (Å²) in [6.07, 6.45) is 83.8. The first kappa shape index (κ1) is 79.5. The average Bonchev–Trinajstić information content (AvgIpc) is 3.46. The number of rotatable bonds is 64. The van der Waals surface area contributed by atoms with Gasteiger partial charge < -0.3 is 33.3 Å². The zero-order valence-corrected chi connectivity index (χ0v) is 54.8. The minimum Gasteiger partial charge on any atom is -0.545 e. The van der Waals surface area contributed by atoms with Crippen molar-refractivity contribution in [3.05, 3.63) is 85.1 Å². The van der Waals surface area contributed by atoms with Crippen LogP contribution in [0.4, 0.5) is 0 Å². The van der Waals surface area contributed by atoms with Crippen molar-refractivity contribution in [2.75, 3.05) is 47.5 Å². The van der Waals surface area contributed by atoms with Crippen molar-refractivity contribution >= 4 is 17.9 Å². The number of esters is 2. The van der Waals surface area contributed by atoms with E-state index in [1.165, 1.54) is 199 Å². The van der Waals surface area contributed by atoms with Gasteiger partial charge in [-0.25, -0.2) is 0 Å². The Morgan fingerprint density at radius 1 is 0.373 bits per heavy atom. The number of carbonyl (C=O) groups excluding carboxylic acids is 3. The predicted molar refractivity (Wildman–Crippen MR) is 352 cm³/mol. The van der Waals surface area contributed by atoms with Crippen LogP contribution in [0.25, 0.3) is 0 Å². The van der Waals surface area contributed by atoms with Gasteiger partial charge in [-0.05, 0) is 70.6 Å². The van der Waals surface area contributed by atoms with Crippen LogP contribution in [0, 0.1) is 0 Å². The highest BCUT2D eigenvalue weighted by molar-refractivity contribution is 5.70. The second-order valence-corrected chi connectivity index (χ2v) is 24.4. The van der Waals surface area contributed by atoms with Crippen LogP contribution in [0.1, 0.15) is 309 Å². The van der Waals surface area contributed by atoms with Crippen LogP contribution in [0.15, 0.2) is 85.1 Å². The molecule has 0 saturated heterocycles. The first-order chi connectivity index (χ1) is 40.6. The third kappa shape index (κ3) is 65.9. The Morgan fingerprint density at radius 3 is 1.02 bits per heavy atom. The van der Waals surface area contributed by atoms with Crippen molar-refractivity contribution in [1.82, 2.24) is 0 Å². The smallest absolute Gasteiger partial charge is 0.306 e. The minimum atomic E-state index is -1.62. The highest BCUT2D eigenvalue weighted by atomic mass is 16.7. The molecule has 0 aliphatic rings. The average molecular weight is 1160 g/mol. The molecule has 9 heteroatoms. The maximum Gasteiger partial charge on any atom is 0.306 e. The summed E-state index contributed by atoms with van der Waals surface area (Å²) in [4.78, 5) is 37.4. The molecular weight excluding hydrogens is 1030 g/mol. The standard InChI is InChI=1S/C74H131NO8/c1-6-8-10-12-14-16-18-20-22-24-26-27-28-29-30-31-32-33-34-35-36-37-38-39-40-41-42-43-44-45-47-49-51-53-55-57-59-61-63-65-72(77)83-70(69-82-74(73(78)79)80-67-66-75(3,4)5)68-81-71(76)64-62-60-58-56-54-52-50-48-46-25-23-21-19-17-15-13-11-9-7-2/h8,10,14,16,20,22,26-27,29-30,32-33,35-36,70,74H,6-7,9,11-13,15,17-19,21,23-25,28,31,34,37-69H2,1-5H3/b10-8-,16-14-,22-20-,27-26-,30-29-,33-32-,36-35-. The van der Waals surface area contributed by atoms with Gasteiger partial charge in [0, 0.05) is 12.8 Å². The molecule has 0 fully saturated rings. The zero-order chi connectivity index (χ0) is 60.5.